The fraction of sp³-hybridized carbons (Fsp3) is 0.152. The third-order valence-electron chi connectivity index (χ3n) is 6.82. The Morgan fingerprint density at radius 3 is 2.42 bits per heavy atom. The van der Waals surface area contributed by atoms with Crippen LogP contribution in [0.15, 0.2) is 94.4 Å². The molecule has 0 aliphatic heterocycles. The zero-order chi connectivity index (χ0) is 31.9. The molecule has 0 bridgehead atoms. The van der Waals surface area contributed by atoms with Gasteiger partial charge in [-0.3, -0.25) is 14.9 Å². The van der Waals surface area contributed by atoms with Crippen molar-refractivity contribution in [1.29, 1.82) is 0 Å². The molecule has 0 saturated heterocycles. The number of amides is 1. The van der Waals surface area contributed by atoms with E-state index in [-0.39, 0.29) is 36.2 Å². The summed E-state index contributed by atoms with van der Waals surface area (Å²) < 4.78 is 24.7. The zero-order valence-corrected chi connectivity index (χ0v) is 25.4. The van der Waals surface area contributed by atoms with Gasteiger partial charge in [-0.05, 0) is 74.5 Å². The Morgan fingerprint density at radius 1 is 1.00 bits per heavy atom. The predicted octanol–water partition coefficient (Wildman–Crippen LogP) is 7.18. The number of aromatic nitrogens is 1. The molecule has 2 aromatic heterocycles. The Labute approximate surface area is 263 Å². The highest BCUT2D eigenvalue weighted by atomic mass is 35.5. The van der Waals surface area contributed by atoms with Crippen LogP contribution in [0.2, 0.25) is 5.02 Å². The van der Waals surface area contributed by atoms with Crippen LogP contribution >= 0.6 is 11.6 Å². The maximum atomic E-state index is 12.6. The van der Waals surface area contributed by atoms with Crippen LogP contribution < -0.4 is 19.6 Å². The summed E-state index contributed by atoms with van der Waals surface area (Å²) in [5.74, 6) is 0.559. The molecule has 0 aliphatic rings. The third-order valence-corrected chi connectivity index (χ3v) is 7.19. The summed E-state index contributed by atoms with van der Waals surface area (Å²) in [4.78, 5) is 23.8. The van der Waals surface area contributed by atoms with E-state index in [9.17, 15) is 14.9 Å². The standard InChI is InChI=1S/C33H29ClN4O7/c1-21-8-9-22(2)37(21)25-10-12-26(13-11-25)43-20-27-14-15-30(45-27)33(39)36-35-18-23-16-29(38(40)41)32(31(17-23)42-3)44-19-24-6-4-5-7-28(24)34/h4-18H,19-20H2,1-3H3,(H,36,39)/b35-18+. The van der Waals surface area contributed by atoms with E-state index in [1.54, 1.807) is 30.3 Å². The SMILES string of the molecule is COc1cc(/C=N/NC(=O)c2ccc(COc3ccc(-n4c(C)ccc4C)cc3)o2)cc([N+](=O)[O-])c1OCc1ccccc1Cl. The first-order valence-corrected chi connectivity index (χ1v) is 14.1. The van der Waals surface area contributed by atoms with Crippen LogP contribution in [0.3, 0.4) is 0 Å². The molecule has 0 aliphatic carbocycles. The summed E-state index contributed by atoms with van der Waals surface area (Å²) >= 11 is 6.18. The number of furan rings is 1. The lowest BCUT2D eigenvalue weighted by Crippen LogP contribution is -2.16. The van der Waals surface area contributed by atoms with E-state index >= 15 is 0 Å². The smallest absolute Gasteiger partial charge is 0.315 e. The number of hydrogen-bond donors (Lipinski definition) is 1. The number of nitrogens with zero attached hydrogens (tertiary/aromatic N) is 3. The fourth-order valence-corrected chi connectivity index (χ4v) is 4.79. The van der Waals surface area contributed by atoms with Gasteiger partial charge in [-0.15, -0.1) is 0 Å². The summed E-state index contributed by atoms with van der Waals surface area (Å²) in [6.45, 7) is 4.21. The molecule has 2 heterocycles. The van der Waals surface area contributed by atoms with Crippen molar-refractivity contribution in [1.82, 2.24) is 9.99 Å². The van der Waals surface area contributed by atoms with Gasteiger partial charge < -0.3 is 23.2 Å². The number of hydrazone groups is 1. The molecule has 0 spiro atoms. The largest absolute Gasteiger partial charge is 0.493 e. The third kappa shape index (κ3) is 7.34. The Bertz CT molecular complexity index is 1840. The summed E-state index contributed by atoms with van der Waals surface area (Å²) in [6, 6.07) is 24.7. The van der Waals surface area contributed by atoms with Crippen molar-refractivity contribution in [3.05, 3.63) is 134 Å². The second kappa shape index (κ2) is 13.8. The Kier molecular flexibility index (Phi) is 9.49. The topological polar surface area (TPSA) is 130 Å². The average molecular weight is 629 g/mol. The number of halogens is 1. The van der Waals surface area contributed by atoms with E-state index < -0.39 is 10.8 Å². The molecule has 0 fully saturated rings. The van der Waals surface area contributed by atoms with Gasteiger partial charge in [0, 0.05) is 39.3 Å². The molecule has 5 aromatic rings. The van der Waals surface area contributed by atoms with Crippen LogP contribution in [0.4, 0.5) is 5.69 Å². The van der Waals surface area contributed by atoms with Gasteiger partial charge in [0.15, 0.2) is 11.5 Å². The molecule has 0 atom stereocenters. The summed E-state index contributed by atoms with van der Waals surface area (Å²) in [5, 5.41) is 16.2. The van der Waals surface area contributed by atoms with Gasteiger partial charge in [0.25, 0.3) is 0 Å². The second-order valence-electron chi connectivity index (χ2n) is 9.91. The molecule has 0 unspecified atom stereocenters. The van der Waals surface area contributed by atoms with Crippen molar-refractivity contribution in [2.24, 2.45) is 5.10 Å². The van der Waals surface area contributed by atoms with Crippen molar-refractivity contribution in [2.75, 3.05) is 7.11 Å². The molecule has 0 saturated carbocycles. The molecule has 1 N–H and O–H groups in total. The number of methoxy groups -OCH3 is 1. The van der Waals surface area contributed by atoms with Gasteiger partial charge in [0.1, 0.15) is 24.7 Å². The van der Waals surface area contributed by atoms with E-state index in [2.05, 4.69) is 41.1 Å². The minimum Gasteiger partial charge on any atom is -0.493 e. The molecular weight excluding hydrogens is 600 g/mol. The normalized spacial score (nSPS) is 11.0. The maximum absolute atomic E-state index is 12.6. The lowest BCUT2D eigenvalue weighted by molar-refractivity contribution is -0.386. The van der Waals surface area contributed by atoms with Crippen molar-refractivity contribution < 1.29 is 28.3 Å². The van der Waals surface area contributed by atoms with Crippen LogP contribution in [0.25, 0.3) is 5.69 Å². The second-order valence-corrected chi connectivity index (χ2v) is 10.3. The molecule has 0 radical (unpaired) electrons. The number of ether oxygens (including phenoxy) is 3. The van der Waals surface area contributed by atoms with Gasteiger partial charge in [-0.2, -0.15) is 5.10 Å². The number of carbonyl (C=O) groups excluding carboxylic acids is 1. The van der Waals surface area contributed by atoms with E-state index in [0.29, 0.717) is 27.7 Å². The van der Waals surface area contributed by atoms with Crippen molar-refractivity contribution >= 4 is 29.4 Å². The first-order valence-electron chi connectivity index (χ1n) is 13.8. The number of nitro benzene ring substituents is 1. The number of benzene rings is 3. The van der Waals surface area contributed by atoms with Gasteiger partial charge in [-0.1, -0.05) is 29.8 Å². The highest BCUT2D eigenvalue weighted by Gasteiger charge is 2.23. The molecule has 45 heavy (non-hydrogen) atoms. The Morgan fingerprint density at radius 2 is 1.73 bits per heavy atom. The molecule has 230 valence electrons. The van der Waals surface area contributed by atoms with Crippen LogP contribution in [-0.4, -0.2) is 28.7 Å². The van der Waals surface area contributed by atoms with E-state index in [4.69, 9.17) is 30.2 Å². The lowest BCUT2D eigenvalue weighted by Gasteiger charge is -2.12. The first kappa shape index (κ1) is 30.9. The molecule has 11 nitrogen and oxygen atoms in total. The number of rotatable bonds is 12. The van der Waals surface area contributed by atoms with Crippen LogP contribution in [0.5, 0.6) is 17.2 Å². The van der Waals surface area contributed by atoms with Gasteiger partial charge in [-0.25, -0.2) is 5.43 Å². The monoisotopic (exact) mass is 628 g/mol. The fourth-order valence-electron chi connectivity index (χ4n) is 4.60. The lowest BCUT2D eigenvalue weighted by atomic mass is 10.1. The summed E-state index contributed by atoms with van der Waals surface area (Å²) in [5.41, 5.74) is 6.28. The van der Waals surface area contributed by atoms with Gasteiger partial charge in [0.05, 0.1) is 18.2 Å². The molecule has 1 amide bonds. The molecule has 12 heteroatoms. The van der Waals surface area contributed by atoms with Crippen molar-refractivity contribution in [3.63, 3.8) is 0 Å². The molecule has 3 aromatic carbocycles. The van der Waals surface area contributed by atoms with E-state index in [1.807, 2.05) is 24.3 Å². The van der Waals surface area contributed by atoms with Crippen LogP contribution in [0, 0.1) is 24.0 Å². The number of nitro groups is 1. The summed E-state index contributed by atoms with van der Waals surface area (Å²) in [7, 11) is 1.36. The average Bonchev–Trinajstić information content (AvgIpc) is 3.65. The van der Waals surface area contributed by atoms with E-state index in [1.165, 1.54) is 31.5 Å². The maximum Gasteiger partial charge on any atom is 0.315 e. The quantitative estimate of drug-likeness (QED) is 0.0879. The Hall–Kier alpha value is -5.55. The van der Waals surface area contributed by atoms with Crippen LogP contribution in [0.1, 0.15) is 38.8 Å². The van der Waals surface area contributed by atoms with Gasteiger partial charge in [0.2, 0.25) is 5.75 Å². The van der Waals surface area contributed by atoms with Gasteiger partial charge >= 0.3 is 11.6 Å². The Balaban J connectivity index is 1.19. The highest BCUT2D eigenvalue weighted by Crippen LogP contribution is 2.39. The van der Waals surface area contributed by atoms with Crippen molar-refractivity contribution in [3.8, 4) is 22.9 Å². The highest BCUT2D eigenvalue weighted by molar-refractivity contribution is 6.31. The van der Waals surface area contributed by atoms with Crippen LogP contribution in [-0.2, 0) is 13.2 Å². The minimum absolute atomic E-state index is 0.00334. The number of carbonyl (C=O) groups is 1. The van der Waals surface area contributed by atoms with E-state index in [0.717, 1.165) is 17.1 Å². The minimum atomic E-state index is -0.611. The number of aryl methyl sites for hydroxylation is 2. The zero-order valence-electron chi connectivity index (χ0n) is 24.7. The first-order chi connectivity index (χ1) is 21.7. The number of nitrogens with one attached hydrogen (secondary N) is 1. The van der Waals surface area contributed by atoms with Crippen molar-refractivity contribution in [2.45, 2.75) is 27.1 Å². The predicted molar refractivity (Wildman–Crippen MR) is 169 cm³/mol. The molecular formula is C33H29ClN4O7. The molecule has 5 rings (SSSR count). The number of hydrogen-bond acceptors (Lipinski definition) is 8. The summed E-state index contributed by atoms with van der Waals surface area (Å²) in [6.07, 6.45) is 1.25.